The molecule has 1 fully saturated rings. The SMILES string of the molecule is Cc1ccc(C(C(=O)NC2CCCCC2)N(C(=O)CNC(=O)OC(C)(C)C)C(C)(C)C)cc1. The topological polar surface area (TPSA) is 87.7 Å². The van der Waals surface area contributed by atoms with Gasteiger partial charge in [-0.05, 0) is 66.9 Å². The monoisotopic (exact) mass is 459 g/mol. The van der Waals surface area contributed by atoms with Gasteiger partial charge in [0.05, 0.1) is 0 Å². The molecule has 1 unspecified atom stereocenters. The van der Waals surface area contributed by atoms with E-state index in [1.807, 2.05) is 52.0 Å². The van der Waals surface area contributed by atoms with Crippen molar-refractivity contribution >= 4 is 17.9 Å². The highest BCUT2D eigenvalue weighted by atomic mass is 16.6. The van der Waals surface area contributed by atoms with E-state index in [2.05, 4.69) is 10.6 Å². The summed E-state index contributed by atoms with van der Waals surface area (Å²) in [5.41, 5.74) is 0.493. The molecule has 7 nitrogen and oxygen atoms in total. The zero-order chi connectivity index (χ0) is 24.8. The molecule has 0 bridgehead atoms. The van der Waals surface area contributed by atoms with E-state index in [0.717, 1.165) is 36.8 Å². The summed E-state index contributed by atoms with van der Waals surface area (Å²) in [6, 6.07) is 7.00. The van der Waals surface area contributed by atoms with Gasteiger partial charge in [0.15, 0.2) is 0 Å². The number of aryl methyl sites for hydroxylation is 1. The molecule has 0 aromatic heterocycles. The van der Waals surface area contributed by atoms with Crippen LogP contribution in [0.15, 0.2) is 24.3 Å². The highest BCUT2D eigenvalue weighted by Crippen LogP contribution is 2.30. The lowest BCUT2D eigenvalue weighted by atomic mass is 9.93. The molecule has 1 aliphatic carbocycles. The van der Waals surface area contributed by atoms with Crippen LogP contribution in [0.4, 0.5) is 4.79 Å². The Hall–Kier alpha value is -2.57. The summed E-state index contributed by atoms with van der Waals surface area (Å²) in [6.45, 7) is 12.7. The van der Waals surface area contributed by atoms with Crippen LogP contribution in [0, 0.1) is 6.92 Å². The van der Waals surface area contributed by atoms with E-state index in [4.69, 9.17) is 4.74 Å². The molecule has 0 aliphatic heterocycles. The first-order chi connectivity index (χ1) is 15.3. The van der Waals surface area contributed by atoms with Crippen molar-refractivity contribution in [3.63, 3.8) is 0 Å². The van der Waals surface area contributed by atoms with Crippen molar-refractivity contribution < 1.29 is 19.1 Å². The van der Waals surface area contributed by atoms with Crippen LogP contribution in [0.2, 0.25) is 0 Å². The van der Waals surface area contributed by atoms with E-state index in [9.17, 15) is 14.4 Å². The van der Waals surface area contributed by atoms with Gasteiger partial charge in [-0.1, -0.05) is 49.1 Å². The first-order valence-electron chi connectivity index (χ1n) is 11.9. The van der Waals surface area contributed by atoms with Gasteiger partial charge in [-0.25, -0.2) is 4.79 Å². The second kappa shape index (κ2) is 11.0. The Morgan fingerprint density at radius 1 is 1.00 bits per heavy atom. The lowest BCUT2D eigenvalue weighted by Gasteiger charge is -2.42. The van der Waals surface area contributed by atoms with Crippen LogP contribution in [0.25, 0.3) is 0 Å². The maximum atomic E-state index is 13.6. The number of carbonyl (C=O) groups is 3. The molecule has 33 heavy (non-hydrogen) atoms. The van der Waals surface area contributed by atoms with E-state index in [-0.39, 0.29) is 24.4 Å². The second-order valence-corrected chi connectivity index (χ2v) is 10.9. The summed E-state index contributed by atoms with van der Waals surface area (Å²) >= 11 is 0. The Morgan fingerprint density at radius 3 is 2.09 bits per heavy atom. The highest BCUT2D eigenvalue weighted by molar-refractivity contribution is 5.91. The minimum Gasteiger partial charge on any atom is -0.444 e. The van der Waals surface area contributed by atoms with E-state index in [1.54, 1.807) is 25.7 Å². The fourth-order valence-corrected chi connectivity index (χ4v) is 4.15. The Morgan fingerprint density at radius 2 is 1.58 bits per heavy atom. The Balaban J connectivity index is 2.31. The van der Waals surface area contributed by atoms with Crippen molar-refractivity contribution in [1.82, 2.24) is 15.5 Å². The van der Waals surface area contributed by atoms with E-state index < -0.39 is 23.3 Å². The number of benzene rings is 1. The molecular weight excluding hydrogens is 418 g/mol. The van der Waals surface area contributed by atoms with Gasteiger partial charge in [0.25, 0.3) is 0 Å². The number of hydrogen-bond acceptors (Lipinski definition) is 4. The maximum Gasteiger partial charge on any atom is 0.408 e. The van der Waals surface area contributed by atoms with Gasteiger partial charge >= 0.3 is 6.09 Å². The van der Waals surface area contributed by atoms with Crippen LogP contribution in [-0.2, 0) is 14.3 Å². The van der Waals surface area contributed by atoms with Crippen LogP contribution >= 0.6 is 0 Å². The number of carbonyl (C=O) groups excluding carboxylic acids is 3. The first kappa shape index (κ1) is 26.7. The van der Waals surface area contributed by atoms with Crippen molar-refractivity contribution in [1.29, 1.82) is 0 Å². The smallest absolute Gasteiger partial charge is 0.408 e. The Labute approximate surface area is 198 Å². The summed E-state index contributed by atoms with van der Waals surface area (Å²) in [5.74, 6) is -0.538. The van der Waals surface area contributed by atoms with Gasteiger partial charge in [-0.3, -0.25) is 9.59 Å². The molecule has 0 radical (unpaired) electrons. The van der Waals surface area contributed by atoms with Gasteiger partial charge in [0, 0.05) is 11.6 Å². The van der Waals surface area contributed by atoms with Gasteiger partial charge in [-0.2, -0.15) is 0 Å². The molecule has 1 saturated carbocycles. The largest absolute Gasteiger partial charge is 0.444 e. The van der Waals surface area contributed by atoms with E-state index in [1.165, 1.54) is 6.42 Å². The summed E-state index contributed by atoms with van der Waals surface area (Å²) in [5, 5.41) is 5.73. The molecule has 1 aliphatic rings. The van der Waals surface area contributed by atoms with Gasteiger partial charge in [0.1, 0.15) is 18.2 Å². The number of alkyl carbamates (subject to hydrolysis) is 1. The Bertz CT molecular complexity index is 815. The summed E-state index contributed by atoms with van der Waals surface area (Å²) in [6.07, 6.45) is 4.63. The van der Waals surface area contributed by atoms with Crippen molar-refractivity contribution in [3.8, 4) is 0 Å². The molecule has 3 amide bonds. The maximum absolute atomic E-state index is 13.6. The fraction of sp³-hybridized carbons (Fsp3) is 0.654. The van der Waals surface area contributed by atoms with E-state index in [0.29, 0.717) is 0 Å². The minimum atomic E-state index is -0.805. The highest BCUT2D eigenvalue weighted by Gasteiger charge is 2.39. The van der Waals surface area contributed by atoms with Crippen molar-refractivity contribution in [3.05, 3.63) is 35.4 Å². The van der Waals surface area contributed by atoms with Crippen LogP contribution in [-0.4, -0.2) is 46.5 Å². The first-order valence-corrected chi connectivity index (χ1v) is 11.9. The summed E-state index contributed by atoms with van der Waals surface area (Å²) in [7, 11) is 0. The quantitative estimate of drug-likeness (QED) is 0.649. The van der Waals surface area contributed by atoms with Gasteiger partial charge < -0.3 is 20.3 Å². The number of amides is 3. The summed E-state index contributed by atoms with van der Waals surface area (Å²) in [4.78, 5) is 40.7. The number of nitrogens with zero attached hydrogens (tertiary/aromatic N) is 1. The van der Waals surface area contributed by atoms with Crippen LogP contribution in [0.5, 0.6) is 0 Å². The number of rotatable bonds is 6. The predicted octanol–water partition coefficient (Wildman–Crippen LogP) is 4.64. The molecule has 1 aromatic carbocycles. The van der Waals surface area contributed by atoms with Crippen molar-refractivity contribution in [2.24, 2.45) is 0 Å². The molecule has 2 N–H and O–H groups in total. The lowest BCUT2D eigenvalue weighted by Crippen LogP contribution is -2.56. The third-order valence-corrected chi connectivity index (χ3v) is 5.63. The molecule has 0 saturated heterocycles. The molecule has 2 rings (SSSR count). The molecule has 184 valence electrons. The third-order valence-electron chi connectivity index (χ3n) is 5.63. The molecule has 1 atom stereocenters. The van der Waals surface area contributed by atoms with Crippen LogP contribution < -0.4 is 10.6 Å². The standard InChI is InChI=1S/C26H41N3O4/c1-18-13-15-19(16-14-18)22(23(31)28-20-11-9-8-10-12-20)29(25(2,3)4)21(30)17-27-24(32)33-26(5,6)7/h13-16,20,22H,8-12,17H2,1-7H3,(H,27,32)(H,28,31). The Kier molecular flexibility index (Phi) is 8.92. The molecular formula is C26H41N3O4. The summed E-state index contributed by atoms with van der Waals surface area (Å²) < 4.78 is 5.26. The predicted molar refractivity (Wildman–Crippen MR) is 130 cm³/mol. The van der Waals surface area contributed by atoms with Crippen LogP contribution in [0.3, 0.4) is 0 Å². The van der Waals surface area contributed by atoms with Crippen molar-refractivity contribution in [2.75, 3.05) is 6.54 Å². The number of nitrogens with one attached hydrogen (secondary N) is 2. The van der Waals surface area contributed by atoms with Crippen LogP contribution in [0.1, 0.15) is 90.8 Å². The molecule has 0 spiro atoms. The zero-order valence-electron chi connectivity index (χ0n) is 21.3. The zero-order valence-corrected chi connectivity index (χ0v) is 21.3. The average molecular weight is 460 g/mol. The van der Waals surface area contributed by atoms with E-state index >= 15 is 0 Å². The normalized spacial score (nSPS) is 16.0. The minimum absolute atomic E-state index is 0.121. The number of ether oxygens (including phenoxy) is 1. The van der Waals surface area contributed by atoms with Gasteiger partial charge in [-0.15, -0.1) is 0 Å². The van der Waals surface area contributed by atoms with Crippen molar-refractivity contribution in [2.45, 2.75) is 104 Å². The second-order valence-electron chi connectivity index (χ2n) is 10.9. The third kappa shape index (κ3) is 8.37. The van der Waals surface area contributed by atoms with Gasteiger partial charge in [0.2, 0.25) is 11.8 Å². The molecule has 1 aromatic rings. The number of hydrogen-bond donors (Lipinski definition) is 2. The lowest BCUT2D eigenvalue weighted by molar-refractivity contribution is -0.146. The fourth-order valence-electron chi connectivity index (χ4n) is 4.15. The molecule has 7 heteroatoms. The average Bonchev–Trinajstić information content (AvgIpc) is 2.69. The molecule has 0 heterocycles.